The molecule has 2 aromatic rings. The fourth-order valence-corrected chi connectivity index (χ4v) is 3.69. The molecule has 2 aromatic carbocycles. The Morgan fingerprint density at radius 3 is 2.64 bits per heavy atom. The maximum Gasteiger partial charge on any atom is 0.334 e. The number of benzene rings is 2. The van der Waals surface area contributed by atoms with E-state index in [4.69, 9.17) is 44.7 Å². The average Bonchev–Trinajstić information content (AvgIpc) is 3.11. The molecule has 1 atom stereocenters. The Kier molecular flexibility index (Phi) is 6.60. The van der Waals surface area contributed by atoms with Crippen LogP contribution in [0.5, 0.6) is 0 Å². The smallest absolute Gasteiger partial charge is 0.316 e. The number of carbonyl (C=O) groups is 1. The van der Waals surface area contributed by atoms with Gasteiger partial charge in [0.05, 0.1) is 16.8 Å². The minimum atomic E-state index is -0.419. The molecule has 28 heavy (non-hydrogen) atoms. The number of hydrogen-bond acceptors (Lipinski definition) is 4. The molecule has 0 saturated carbocycles. The van der Waals surface area contributed by atoms with E-state index >= 15 is 0 Å². The number of halogens is 3. The SMILES string of the molecule is CCC(=O)O/N=C(\C)N1N=C(c2ccc(Cl)cc2Cl)CC1c1ccccc1Cl. The van der Waals surface area contributed by atoms with Crippen LogP contribution in [0.25, 0.3) is 0 Å². The van der Waals surface area contributed by atoms with Gasteiger partial charge in [-0.3, -0.25) is 0 Å². The predicted molar refractivity (Wildman–Crippen MR) is 113 cm³/mol. The lowest BCUT2D eigenvalue weighted by atomic mass is 9.98. The third kappa shape index (κ3) is 4.49. The number of rotatable bonds is 4. The molecule has 1 aliphatic rings. The summed E-state index contributed by atoms with van der Waals surface area (Å²) in [5, 5.41) is 12.0. The molecule has 0 saturated heterocycles. The monoisotopic (exact) mass is 437 g/mol. The van der Waals surface area contributed by atoms with E-state index in [2.05, 4.69) is 5.16 Å². The molecular formula is C20H18Cl3N3O2. The zero-order valence-electron chi connectivity index (χ0n) is 15.3. The van der Waals surface area contributed by atoms with Crippen molar-refractivity contribution >= 4 is 52.3 Å². The van der Waals surface area contributed by atoms with E-state index in [-0.39, 0.29) is 12.5 Å². The second kappa shape index (κ2) is 8.95. The number of oxime groups is 1. The third-order valence-electron chi connectivity index (χ3n) is 4.32. The van der Waals surface area contributed by atoms with Gasteiger partial charge in [0, 0.05) is 28.5 Å². The fourth-order valence-electron chi connectivity index (χ4n) is 2.91. The van der Waals surface area contributed by atoms with Crippen LogP contribution >= 0.6 is 34.8 Å². The zero-order chi connectivity index (χ0) is 20.3. The van der Waals surface area contributed by atoms with Crippen LogP contribution in [0, 0.1) is 0 Å². The second-order valence-electron chi connectivity index (χ2n) is 6.21. The van der Waals surface area contributed by atoms with Crippen LogP contribution < -0.4 is 0 Å². The predicted octanol–water partition coefficient (Wildman–Crippen LogP) is 6.08. The number of hydrazone groups is 1. The highest BCUT2D eigenvalue weighted by Crippen LogP contribution is 2.37. The Balaban J connectivity index is 2.00. The topological polar surface area (TPSA) is 54.3 Å². The van der Waals surface area contributed by atoms with Gasteiger partial charge >= 0.3 is 5.97 Å². The lowest BCUT2D eigenvalue weighted by molar-refractivity contribution is -0.143. The Morgan fingerprint density at radius 2 is 1.96 bits per heavy atom. The van der Waals surface area contributed by atoms with Crippen LogP contribution in [0.3, 0.4) is 0 Å². The van der Waals surface area contributed by atoms with Crippen LogP contribution in [0.2, 0.25) is 15.1 Å². The van der Waals surface area contributed by atoms with Gasteiger partial charge in [0.15, 0.2) is 5.84 Å². The van der Waals surface area contributed by atoms with Crippen LogP contribution in [0.15, 0.2) is 52.7 Å². The molecule has 1 unspecified atom stereocenters. The first-order valence-corrected chi connectivity index (χ1v) is 9.85. The van der Waals surface area contributed by atoms with Gasteiger partial charge in [0.2, 0.25) is 0 Å². The quantitative estimate of drug-likeness (QED) is 0.251. The summed E-state index contributed by atoms with van der Waals surface area (Å²) >= 11 is 18.8. The number of hydrogen-bond donors (Lipinski definition) is 0. The average molecular weight is 439 g/mol. The summed E-state index contributed by atoms with van der Waals surface area (Å²) in [6.07, 6.45) is 0.791. The van der Waals surface area contributed by atoms with Crippen molar-refractivity contribution in [3.63, 3.8) is 0 Å². The van der Waals surface area contributed by atoms with Crippen LogP contribution in [0.1, 0.15) is 43.9 Å². The standard InChI is InChI=1S/C20H18Cl3N3O2/c1-3-20(27)28-25-12(2)26-19(15-6-4-5-7-16(15)22)11-18(24-26)14-9-8-13(21)10-17(14)23/h4-10,19H,3,11H2,1-2H3/b25-12+. The van der Waals surface area contributed by atoms with Crippen molar-refractivity contribution in [3.05, 3.63) is 68.7 Å². The molecule has 3 rings (SSSR count). The summed E-state index contributed by atoms with van der Waals surface area (Å²) in [7, 11) is 0. The number of nitrogens with zero attached hydrogens (tertiary/aromatic N) is 3. The lowest BCUT2D eigenvalue weighted by Gasteiger charge is -2.23. The maximum atomic E-state index is 11.5. The Bertz CT molecular complexity index is 959. The van der Waals surface area contributed by atoms with E-state index in [1.54, 1.807) is 31.0 Å². The number of amidine groups is 1. The Hall–Kier alpha value is -2.08. The minimum absolute atomic E-state index is 0.209. The van der Waals surface area contributed by atoms with Crippen molar-refractivity contribution in [2.75, 3.05) is 0 Å². The molecule has 0 aromatic heterocycles. The van der Waals surface area contributed by atoms with Crippen LogP contribution in [-0.4, -0.2) is 22.5 Å². The molecule has 8 heteroatoms. The van der Waals surface area contributed by atoms with E-state index < -0.39 is 5.97 Å². The second-order valence-corrected chi connectivity index (χ2v) is 7.46. The fraction of sp³-hybridized carbons (Fsp3) is 0.250. The van der Waals surface area contributed by atoms with Gasteiger partial charge in [-0.05, 0) is 30.7 Å². The van der Waals surface area contributed by atoms with E-state index in [1.165, 1.54) is 0 Å². The molecule has 1 aliphatic heterocycles. The highest BCUT2D eigenvalue weighted by Gasteiger charge is 2.33. The molecule has 5 nitrogen and oxygen atoms in total. The molecule has 0 spiro atoms. The van der Waals surface area contributed by atoms with Crippen molar-refractivity contribution in [1.29, 1.82) is 0 Å². The van der Waals surface area contributed by atoms with Gasteiger partial charge in [-0.1, -0.05) is 71.1 Å². The van der Waals surface area contributed by atoms with Crippen molar-refractivity contribution in [1.82, 2.24) is 5.01 Å². The molecule has 1 heterocycles. The van der Waals surface area contributed by atoms with Gasteiger partial charge in [-0.15, -0.1) is 0 Å². The van der Waals surface area contributed by atoms with E-state index in [1.807, 2.05) is 30.3 Å². The lowest BCUT2D eigenvalue weighted by Crippen LogP contribution is -2.25. The molecule has 0 radical (unpaired) electrons. The zero-order valence-corrected chi connectivity index (χ0v) is 17.6. The van der Waals surface area contributed by atoms with Crippen molar-refractivity contribution < 1.29 is 9.63 Å². The summed E-state index contributed by atoms with van der Waals surface area (Å²) in [5.74, 6) is 0.0181. The van der Waals surface area contributed by atoms with Gasteiger partial charge in [0.25, 0.3) is 0 Å². The van der Waals surface area contributed by atoms with Crippen molar-refractivity contribution in [3.8, 4) is 0 Å². The molecular weight excluding hydrogens is 421 g/mol. The van der Waals surface area contributed by atoms with Crippen LogP contribution in [-0.2, 0) is 9.63 Å². The van der Waals surface area contributed by atoms with Crippen molar-refractivity contribution in [2.45, 2.75) is 32.7 Å². The van der Waals surface area contributed by atoms with Gasteiger partial charge in [-0.2, -0.15) is 5.10 Å². The summed E-state index contributed by atoms with van der Waals surface area (Å²) in [4.78, 5) is 16.4. The highest BCUT2D eigenvalue weighted by molar-refractivity contribution is 6.37. The van der Waals surface area contributed by atoms with Crippen LogP contribution in [0.4, 0.5) is 0 Å². The molecule has 146 valence electrons. The first-order chi connectivity index (χ1) is 13.4. The molecule has 0 fully saturated rings. The van der Waals surface area contributed by atoms with E-state index in [0.29, 0.717) is 27.3 Å². The van der Waals surface area contributed by atoms with Gasteiger partial charge in [0.1, 0.15) is 0 Å². The van der Waals surface area contributed by atoms with Crippen molar-refractivity contribution in [2.24, 2.45) is 10.3 Å². The number of carbonyl (C=O) groups excluding carboxylic acids is 1. The normalized spacial score (nSPS) is 16.9. The summed E-state index contributed by atoms with van der Waals surface area (Å²) in [6.45, 7) is 3.43. The molecule has 0 bridgehead atoms. The third-order valence-corrected chi connectivity index (χ3v) is 5.21. The molecule has 0 aliphatic carbocycles. The minimum Gasteiger partial charge on any atom is -0.316 e. The Morgan fingerprint density at radius 1 is 1.21 bits per heavy atom. The highest BCUT2D eigenvalue weighted by atomic mass is 35.5. The largest absolute Gasteiger partial charge is 0.334 e. The first-order valence-electron chi connectivity index (χ1n) is 8.71. The van der Waals surface area contributed by atoms with E-state index in [9.17, 15) is 4.79 Å². The van der Waals surface area contributed by atoms with Gasteiger partial charge < -0.3 is 4.84 Å². The Labute approximate surface area is 178 Å². The first kappa shape index (κ1) is 20.6. The molecule has 0 amide bonds. The van der Waals surface area contributed by atoms with Gasteiger partial charge in [-0.25, -0.2) is 9.80 Å². The molecule has 0 N–H and O–H groups in total. The maximum absolute atomic E-state index is 11.5. The summed E-state index contributed by atoms with van der Waals surface area (Å²) in [6, 6.07) is 12.6. The summed E-state index contributed by atoms with van der Waals surface area (Å²) in [5.41, 5.74) is 2.44. The summed E-state index contributed by atoms with van der Waals surface area (Å²) < 4.78 is 0. The van der Waals surface area contributed by atoms with E-state index in [0.717, 1.165) is 16.8 Å².